The third-order valence-electron chi connectivity index (χ3n) is 7.37. The lowest BCUT2D eigenvalue weighted by Crippen LogP contribution is -2.33. The molecule has 0 spiro atoms. The van der Waals surface area contributed by atoms with E-state index in [4.69, 9.17) is 4.74 Å². The molecule has 1 aliphatic carbocycles. The molecule has 194 valence electrons. The van der Waals surface area contributed by atoms with Crippen LogP contribution in [0.2, 0.25) is 0 Å². The first kappa shape index (κ1) is 25.1. The van der Waals surface area contributed by atoms with Crippen molar-refractivity contribution in [3.63, 3.8) is 0 Å². The smallest absolute Gasteiger partial charge is 0.252 e. The zero-order valence-electron chi connectivity index (χ0n) is 21.4. The van der Waals surface area contributed by atoms with Crippen LogP contribution < -0.4 is 10.3 Å². The second-order valence-corrected chi connectivity index (χ2v) is 9.81. The molecule has 4 aromatic rings. The molecule has 1 saturated carbocycles. The van der Waals surface area contributed by atoms with Crippen LogP contribution in [0, 0.1) is 5.82 Å². The number of rotatable bonds is 9. The first-order chi connectivity index (χ1) is 18.1. The maximum atomic E-state index is 13.6. The summed E-state index contributed by atoms with van der Waals surface area (Å²) in [5.74, 6) is 1.23. The monoisotopic (exact) mass is 504 g/mol. The van der Waals surface area contributed by atoms with Crippen molar-refractivity contribution >= 4 is 10.9 Å². The molecule has 8 nitrogen and oxygen atoms in total. The lowest BCUT2D eigenvalue weighted by molar-refractivity contribution is 0.155. The molecule has 1 atom stereocenters. The van der Waals surface area contributed by atoms with E-state index in [1.807, 2.05) is 28.9 Å². The third-order valence-corrected chi connectivity index (χ3v) is 7.37. The first-order valence-corrected chi connectivity index (χ1v) is 13.0. The van der Waals surface area contributed by atoms with E-state index in [0.717, 1.165) is 41.6 Å². The summed E-state index contributed by atoms with van der Waals surface area (Å²) in [7, 11) is 1.60. The number of hydrogen-bond donors (Lipinski definition) is 1. The van der Waals surface area contributed by atoms with E-state index in [1.54, 1.807) is 19.2 Å². The van der Waals surface area contributed by atoms with E-state index in [2.05, 4.69) is 32.3 Å². The SMILES string of the molecule is CC[C@@H](c1nnnn1C1CCCCC1)N(Cc1ccc(F)cc1)Cc1cc2ccc(OC)cc2[nH]c1=O. The summed E-state index contributed by atoms with van der Waals surface area (Å²) in [6.07, 6.45) is 6.50. The molecule has 2 aromatic heterocycles. The highest BCUT2D eigenvalue weighted by molar-refractivity contribution is 5.80. The summed E-state index contributed by atoms with van der Waals surface area (Å²) in [4.78, 5) is 18.4. The molecule has 1 fully saturated rings. The van der Waals surface area contributed by atoms with Crippen molar-refractivity contribution < 1.29 is 9.13 Å². The number of aromatic amines is 1. The fourth-order valence-corrected chi connectivity index (χ4v) is 5.40. The summed E-state index contributed by atoms with van der Waals surface area (Å²) < 4.78 is 20.9. The van der Waals surface area contributed by atoms with E-state index < -0.39 is 0 Å². The van der Waals surface area contributed by atoms with Gasteiger partial charge in [-0.3, -0.25) is 9.69 Å². The highest BCUT2D eigenvalue weighted by Crippen LogP contribution is 2.33. The molecule has 9 heteroatoms. The molecule has 5 rings (SSSR count). The third kappa shape index (κ3) is 5.56. The van der Waals surface area contributed by atoms with E-state index in [9.17, 15) is 9.18 Å². The molecular formula is C28H33FN6O2. The average Bonchev–Trinajstić information content (AvgIpc) is 3.40. The number of nitrogens with one attached hydrogen (secondary N) is 1. The lowest BCUT2D eigenvalue weighted by Gasteiger charge is -2.32. The van der Waals surface area contributed by atoms with Crippen molar-refractivity contribution in [2.75, 3.05) is 7.11 Å². The van der Waals surface area contributed by atoms with E-state index in [0.29, 0.717) is 30.4 Å². The number of hydrogen-bond acceptors (Lipinski definition) is 6. The summed E-state index contributed by atoms with van der Waals surface area (Å²) in [6, 6.07) is 14.3. The number of halogens is 1. The number of tetrazole rings is 1. The van der Waals surface area contributed by atoms with Gasteiger partial charge in [0.1, 0.15) is 11.6 Å². The quantitative estimate of drug-likeness (QED) is 0.332. The zero-order chi connectivity index (χ0) is 25.8. The van der Waals surface area contributed by atoms with Crippen LogP contribution in [0.1, 0.15) is 74.5 Å². The second-order valence-electron chi connectivity index (χ2n) is 9.81. The van der Waals surface area contributed by atoms with Crippen molar-refractivity contribution in [1.29, 1.82) is 0 Å². The molecule has 37 heavy (non-hydrogen) atoms. The number of H-pyrrole nitrogens is 1. The van der Waals surface area contributed by atoms with Gasteiger partial charge >= 0.3 is 0 Å². The second kappa shape index (κ2) is 11.2. The van der Waals surface area contributed by atoms with Gasteiger partial charge in [-0.1, -0.05) is 38.3 Å². The Morgan fingerprint density at radius 2 is 1.89 bits per heavy atom. The Balaban J connectivity index is 1.51. The number of aromatic nitrogens is 5. The maximum Gasteiger partial charge on any atom is 0.252 e. The normalized spacial score (nSPS) is 15.4. The molecule has 1 aliphatic rings. The predicted octanol–water partition coefficient (Wildman–Crippen LogP) is 5.32. The summed E-state index contributed by atoms with van der Waals surface area (Å²) in [6.45, 7) is 3.03. The molecular weight excluding hydrogens is 471 g/mol. The Kier molecular flexibility index (Phi) is 7.60. The number of ether oxygens (including phenoxy) is 1. The molecule has 0 unspecified atom stereocenters. The van der Waals surface area contributed by atoms with Crippen molar-refractivity contribution in [2.45, 2.75) is 70.6 Å². The van der Waals surface area contributed by atoms with Crippen LogP contribution >= 0.6 is 0 Å². The number of benzene rings is 2. The van der Waals surface area contributed by atoms with Crippen molar-refractivity contribution in [3.8, 4) is 5.75 Å². The first-order valence-electron chi connectivity index (χ1n) is 13.0. The summed E-state index contributed by atoms with van der Waals surface area (Å²) in [5, 5.41) is 13.8. The van der Waals surface area contributed by atoms with Crippen LogP contribution in [-0.2, 0) is 13.1 Å². The molecule has 0 amide bonds. The van der Waals surface area contributed by atoms with Crippen LogP contribution in [0.5, 0.6) is 5.75 Å². The molecule has 0 aliphatic heterocycles. The maximum absolute atomic E-state index is 13.6. The van der Waals surface area contributed by atoms with Crippen LogP contribution in [-0.4, -0.2) is 37.2 Å². The van der Waals surface area contributed by atoms with Crippen LogP contribution in [0.25, 0.3) is 10.9 Å². The Bertz CT molecular complexity index is 1390. The van der Waals surface area contributed by atoms with Crippen molar-refractivity contribution in [1.82, 2.24) is 30.1 Å². The Morgan fingerprint density at radius 3 is 2.62 bits per heavy atom. The molecule has 0 saturated heterocycles. The molecule has 1 N–H and O–H groups in total. The van der Waals surface area contributed by atoms with Gasteiger partial charge in [0.25, 0.3) is 5.56 Å². The van der Waals surface area contributed by atoms with E-state index in [1.165, 1.54) is 31.4 Å². The van der Waals surface area contributed by atoms with E-state index >= 15 is 0 Å². The van der Waals surface area contributed by atoms with Gasteiger partial charge in [0, 0.05) is 24.7 Å². The number of methoxy groups -OCH3 is 1. The van der Waals surface area contributed by atoms with Gasteiger partial charge in [-0.25, -0.2) is 9.07 Å². The van der Waals surface area contributed by atoms with Gasteiger partial charge in [-0.15, -0.1) is 5.10 Å². The zero-order valence-corrected chi connectivity index (χ0v) is 21.4. The Labute approximate surface area is 215 Å². The number of pyridine rings is 1. The molecule has 2 aromatic carbocycles. The average molecular weight is 505 g/mol. The van der Waals surface area contributed by atoms with Crippen LogP contribution in [0.4, 0.5) is 4.39 Å². The Hall–Kier alpha value is -3.59. The lowest BCUT2D eigenvalue weighted by atomic mass is 9.95. The van der Waals surface area contributed by atoms with E-state index in [-0.39, 0.29) is 17.4 Å². The van der Waals surface area contributed by atoms with Gasteiger partial charge in [0.15, 0.2) is 5.82 Å². The molecule has 0 radical (unpaired) electrons. The molecule has 0 bridgehead atoms. The standard InChI is InChI=1S/C28H33FN6O2/c1-3-26(27-31-32-33-35(27)23-7-5-4-6-8-23)34(17-19-9-12-22(29)13-10-19)18-21-15-20-11-14-24(37-2)16-25(20)30-28(21)36/h9-16,23,26H,3-8,17-18H2,1-2H3,(H,30,36)/t26-/m0/s1. The summed E-state index contributed by atoms with van der Waals surface area (Å²) in [5.41, 5.74) is 2.19. The number of nitrogens with zero attached hydrogens (tertiary/aromatic N) is 5. The fraction of sp³-hybridized carbons (Fsp3) is 0.429. The minimum Gasteiger partial charge on any atom is -0.497 e. The molecule has 2 heterocycles. The highest BCUT2D eigenvalue weighted by Gasteiger charge is 2.29. The van der Waals surface area contributed by atoms with Crippen molar-refractivity contribution in [3.05, 3.63) is 81.7 Å². The van der Waals surface area contributed by atoms with Gasteiger partial charge in [-0.2, -0.15) is 0 Å². The minimum absolute atomic E-state index is 0.118. The predicted molar refractivity (Wildman–Crippen MR) is 140 cm³/mol. The topological polar surface area (TPSA) is 88.9 Å². The van der Waals surface area contributed by atoms with Gasteiger partial charge in [-0.05, 0) is 71.0 Å². The largest absolute Gasteiger partial charge is 0.497 e. The number of fused-ring (bicyclic) bond motifs is 1. The summed E-state index contributed by atoms with van der Waals surface area (Å²) >= 11 is 0. The Morgan fingerprint density at radius 1 is 1.11 bits per heavy atom. The van der Waals surface area contributed by atoms with Crippen LogP contribution in [0.15, 0.2) is 53.3 Å². The van der Waals surface area contributed by atoms with Gasteiger partial charge in [0.05, 0.1) is 24.7 Å². The fourth-order valence-electron chi connectivity index (χ4n) is 5.40. The van der Waals surface area contributed by atoms with Crippen molar-refractivity contribution in [2.24, 2.45) is 0 Å². The van der Waals surface area contributed by atoms with Gasteiger partial charge in [0.2, 0.25) is 0 Å². The highest BCUT2D eigenvalue weighted by atomic mass is 19.1. The van der Waals surface area contributed by atoms with Crippen LogP contribution in [0.3, 0.4) is 0 Å². The van der Waals surface area contributed by atoms with Gasteiger partial charge < -0.3 is 9.72 Å². The minimum atomic E-state index is -0.273.